The Morgan fingerprint density at radius 2 is 1.47 bits per heavy atom. The highest BCUT2D eigenvalue weighted by molar-refractivity contribution is 7.88. The number of sulfonamides is 1. The van der Waals surface area contributed by atoms with Crippen molar-refractivity contribution < 1.29 is 18.0 Å². The molecule has 57 heavy (non-hydrogen) atoms. The molecular formula is C43H73N9O4S. The van der Waals surface area contributed by atoms with Crippen LogP contribution in [0.1, 0.15) is 186 Å². The molecule has 1 aromatic heterocycles. The maximum atomic E-state index is 12.7. The summed E-state index contributed by atoms with van der Waals surface area (Å²) < 4.78 is 28.8. The smallest absolute Gasteiger partial charge is 0.217 e. The molecule has 3 N–H and O–H groups in total. The van der Waals surface area contributed by atoms with Crippen molar-refractivity contribution in [2.75, 3.05) is 12.8 Å². The maximum Gasteiger partial charge on any atom is 0.217 e. The fraction of sp³-hybridized carbons (Fsp3) is 0.860. The van der Waals surface area contributed by atoms with Crippen molar-refractivity contribution in [1.82, 2.24) is 30.0 Å². The van der Waals surface area contributed by atoms with Gasteiger partial charge in [-0.1, -0.05) is 72.1 Å². The SMILES string of the molecule is CCCCCCCCN(C1CCC(NS(C)(=O)=O)CC1)C1CCC(N=Nc2c(C#N)c(C3CCCCC3)nn2C2C(C)CC(NC(C)=O)CC2C)C(NC(C)=O)C1. The van der Waals surface area contributed by atoms with E-state index < -0.39 is 10.0 Å². The molecule has 4 aliphatic rings. The van der Waals surface area contributed by atoms with Gasteiger partial charge < -0.3 is 10.6 Å². The van der Waals surface area contributed by atoms with Crippen molar-refractivity contribution in [2.45, 2.75) is 211 Å². The van der Waals surface area contributed by atoms with Crippen LogP contribution in [-0.4, -0.2) is 84.0 Å². The number of amides is 2. The fourth-order valence-electron chi connectivity index (χ4n) is 10.9. The third-order valence-electron chi connectivity index (χ3n) is 13.4. The Hall–Kier alpha value is -2.89. The molecule has 0 aromatic carbocycles. The zero-order chi connectivity index (χ0) is 41.1. The Kier molecular flexibility index (Phi) is 17.0. The summed E-state index contributed by atoms with van der Waals surface area (Å²) in [4.78, 5) is 27.4. The minimum atomic E-state index is -3.25. The standard InChI is InChI=1S/C43H73N9O4S/c1-7-8-9-10-11-15-24-51(36-20-18-34(19-21-36)50-57(6,55)56)37-22-23-39(40(27-37)46-32(5)54)47-48-43-38(28-44)41(33-16-13-12-14-17-33)49-52(43)42-29(2)25-35(26-30(42)3)45-31(4)53/h29-30,33-37,39-40,42,50H,7-27H2,1-6H3,(H,45,53)(H,46,54). The number of hydrogen-bond donors (Lipinski definition) is 3. The number of carbonyl (C=O) groups excluding carboxylic acids is 2. The third kappa shape index (κ3) is 12.8. The van der Waals surface area contributed by atoms with E-state index in [1.807, 2.05) is 4.68 Å². The van der Waals surface area contributed by atoms with Crippen LogP contribution in [0.4, 0.5) is 5.82 Å². The minimum Gasteiger partial charge on any atom is -0.354 e. The van der Waals surface area contributed by atoms with Crippen molar-refractivity contribution in [3.8, 4) is 6.07 Å². The van der Waals surface area contributed by atoms with Gasteiger partial charge in [0.25, 0.3) is 0 Å². The van der Waals surface area contributed by atoms with Crippen molar-refractivity contribution in [3.05, 3.63) is 11.3 Å². The van der Waals surface area contributed by atoms with Crippen LogP contribution < -0.4 is 15.4 Å². The van der Waals surface area contributed by atoms with Crippen molar-refractivity contribution in [3.63, 3.8) is 0 Å². The van der Waals surface area contributed by atoms with Crippen LogP contribution >= 0.6 is 0 Å². The average Bonchev–Trinajstić information content (AvgIpc) is 3.51. The van der Waals surface area contributed by atoms with Gasteiger partial charge in [0.1, 0.15) is 11.6 Å². The molecule has 320 valence electrons. The summed E-state index contributed by atoms with van der Waals surface area (Å²) in [6.07, 6.45) is 21.7. The van der Waals surface area contributed by atoms with Gasteiger partial charge in [0.15, 0.2) is 5.82 Å². The Morgan fingerprint density at radius 3 is 2.09 bits per heavy atom. The van der Waals surface area contributed by atoms with Gasteiger partial charge in [-0.05, 0) is 95.4 Å². The number of nitrogens with zero attached hydrogens (tertiary/aromatic N) is 6. The summed E-state index contributed by atoms with van der Waals surface area (Å²) in [5, 5.41) is 32.3. The molecule has 0 saturated heterocycles. The fourth-order valence-corrected chi connectivity index (χ4v) is 11.8. The predicted octanol–water partition coefficient (Wildman–Crippen LogP) is 7.95. The minimum absolute atomic E-state index is 0.00790. The van der Waals surface area contributed by atoms with E-state index in [4.69, 9.17) is 15.3 Å². The number of unbranched alkanes of at least 4 members (excludes halogenated alkanes) is 5. The summed E-state index contributed by atoms with van der Waals surface area (Å²) in [5.41, 5.74) is 1.38. The van der Waals surface area contributed by atoms with Crippen LogP contribution in [0.5, 0.6) is 0 Å². The first-order chi connectivity index (χ1) is 27.3. The highest BCUT2D eigenvalue weighted by atomic mass is 32.2. The van der Waals surface area contributed by atoms with Gasteiger partial charge in [-0.2, -0.15) is 15.5 Å². The molecule has 14 heteroatoms. The van der Waals surface area contributed by atoms with E-state index in [1.165, 1.54) is 44.8 Å². The van der Waals surface area contributed by atoms with Crippen LogP contribution in [0.15, 0.2) is 10.2 Å². The first kappa shape index (κ1) is 45.2. The number of hydrogen-bond acceptors (Lipinski definition) is 9. The topological polar surface area (TPSA) is 174 Å². The summed E-state index contributed by atoms with van der Waals surface area (Å²) in [6.45, 7) is 10.8. The first-order valence-electron chi connectivity index (χ1n) is 22.5. The maximum absolute atomic E-state index is 12.7. The second-order valence-corrected chi connectivity index (χ2v) is 20.0. The Bertz CT molecular complexity index is 1630. The molecule has 13 nitrogen and oxygen atoms in total. The van der Waals surface area contributed by atoms with Crippen molar-refractivity contribution >= 4 is 27.7 Å². The number of nitriles is 1. The average molecular weight is 812 g/mol. The number of azo groups is 1. The van der Waals surface area contributed by atoms with Gasteiger partial charge in [-0.15, -0.1) is 5.11 Å². The van der Waals surface area contributed by atoms with Gasteiger partial charge in [0, 0.05) is 43.9 Å². The summed E-state index contributed by atoms with van der Waals surface area (Å²) in [5.74, 6) is 1.05. The Balaban J connectivity index is 1.39. The first-order valence-corrected chi connectivity index (χ1v) is 24.4. The van der Waals surface area contributed by atoms with Crippen molar-refractivity contribution in [1.29, 1.82) is 5.26 Å². The second-order valence-electron chi connectivity index (χ2n) is 18.2. The molecule has 4 fully saturated rings. The highest BCUT2D eigenvalue weighted by Gasteiger charge is 2.40. The molecule has 4 aliphatic carbocycles. The van der Waals surface area contributed by atoms with Crippen LogP contribution in [0, 0.1) is 23.2 Å². The number of nitrogens with one attached hydrogen (secondary N) is 3. The second kappa shape index (κ2) is 21.4. The highest BCUT2D eigenvalue weighted by Crippen LogP contribution is 2.44. The molecule has 0 bridgehead atoms. The molecule has 5 atom stereocenters. The van der Waals surface area contributed by atoms with Gasteiger partial charge >= 0.3 is 0 Å². The molecule has 2 amide bonds. The lowest BCUT2D eigenvalue weighted by Crippen LogP contribution is -2.54. The molecule has 5 unspecified atom stereocenters. The normalized spacial score (nSPS) is 30.3. The monoisotopic (exact) mass is 812 g/mol. The van der Waals surface area contributed by atoms with E-state index >= 15 is 0 Å². The van der Waals surface area contributed by atoms with E-state index in [0.717, 1.165) is 102 Å². The molecule has 0 spiro atoms. The lowest BCUT2D eigenvalue weighted by Gasteiger charge is -2.45. The van der Waals surface area contributed by atoms with E-state index in [2.05, 4.69) is 47.1 Å². The van der Waals surface area contributed by atoms with Gasteiger partial charge in [-0.25, -0.2) is 17.8 Å². The summed E-state index contributed by atoms with van der Waals surface area (Å²) in [6, 6.07) is 2.81. The van der Waals surface area contributed by atoms with E-state index in [-0.39, 0.29) is 65.8 Å². The summed E-state index contributed by atoms with van der Waals surface area (Å²) >= 11 is 0. The zero-order valence-corrected chi connectivity index (χ0v) is 36.7. The quantitative estimate of drug-likeness (QED) is 0.106. The molecule has 0 aliphatic heterocycles. The molecule has 4 saturated carbocycles. The van der Waals surface area contributed by atoms with E-state index in [0.29, 0.717) is 17.4 Å². The molecule has 1 aromatic rings. The van der Waals surface area contributed by atoms with Gasteiger partial charge in [0.2, 0.25) is 21.8 Å². The lowest BCUT2D eigenvalue weighted by molar-refractivity contribution is -0.121. The number of aromatic nitrogens is 2. The van der Waals surface area contributed by atoms with Crippen LogP contribution in [0.3, 0.4) is 0 Å². The molecular weight excluding hydrogens is 739 g/mol. The van der Waals surface area contributed by atoms with Crippen LogP contribution in [0.2, 0.25) is 0 Å². The zero-order valence-electron chi connectivity index (χ0n) is 35.8. The number of rotatable bonds is 17. The predicted molar refractivity (Wildman–Crippen MR) is 225 cm³/mol. The molecule has 5 rings (SSSR count). The largest absolute Gasteiger partial charge is 0.354 e. The van der Waals surface area contributed by atoms with Crippen molar-refractivity contribution in [2.24, 2.45) is 22.1 Å². The Labute approximate surface area is 343 Å². The van der Waals surface area contributed by atoms with Gasteiger partial charge in [-0.3, -0.25) is 14.5 Å². The van der Waals surface area contributed by atoms with Gasteiger partial charge in [0.05, 0.1) is 30.1 Å². The number of carbonyl (C=O) groups is 2. The molecule has 0 radical (unpaired) electrons. The third-order valence-corrected chi connectivity index (χ3v) is 14.2. The molecule has 1 heterocycles. The van der Waals surface area contributed by atoms with Crippen LogP contribution in [0.25, 0.3) is 0 Å². The van der Waals surface area contributed by atoms with E-state index in [1.54, 1.807) is 13.8 Å². The summed E-state index contributed by atoms with van der Waals surface area (Å²) in [7, 11) is -3.25. The Morgan fingerprint density at radius 1 is 0.842 bits per heavy atom. The van der Waals surface area contributed by atoms with E-state index in [9.17, 15) is 23.3 Å². The lowest BCUT2D eigenvalue weighted by atomic mass is 9.76. The van der Waals surface area contributed by atoms with Crippen LogP contribution in [-0.2, 0) is 19.6 Å².